The van der Waals surface area contributed by atoms with Crippen LogP contribution >= 0.6 is 24.0 Å². The number of allylic oxidation sites excluding steroid dienone is 2. The molecule has 5 nitrogen and oxygen atoms in total. The van der Waals surface area contributed by atoms with Crippen LogP contribution in [0.15, 0.2) is 39.9 Å². The van der Waals surface area contributed by atoms with Crippen LogP contribution in [0.3, 0.4) is 0 Å². The first kappa shape index (κ1) is 17.5. The third kappa shape index (κ3) is 4.33. The lowest BCUT2D eigenvalue weighted by molar-refractivity contribution is -0.145. The van der Waals surface area contributed by atoms with Crippen LogP contribution in [0, 0.1) is 0 Å². The minimum atomic E-state index is -1.03. The lowest BCUT2D eigenvalue weighted by Crippen LogP contribution is -2.43. The summed E-state index contributed by atoms with van der Waals surface area (Å²) in [7, 11) is 0. The standard InChI is InChI=1S/C16H17NO4S2/c1-2-3-8-12(15(19)20)17-14(18)13(23-16(17)22)9-4-6-11-7-5-10-21-11/h4-7,9-10,12H,2-3,8H2,1H3,(H,19,20)/b6-4+,13-9+/t12-/m0/s1. The molecule has 2 rings (SSSR count). The van der Waals surface area contributed by atoms with E-state index in [4.69, 9.17) is 16.6 Å². The van der Waals surface area contributed by atoms with Crippen molar-refractivity contribution in [2.24, 2.45) is 0 Å². The summed E-state index contributed by atoms with van der Waals surface area (Å²) in [4.78, 5) is 25.5. The zero-order valence-corrected chi connectivity index (χ0v) is 14.2. The first-order chi connectivity index (χ1) is 11.0. The normalized spacial score (nSPS) is 18.3. The van der Waals surface area contributed by atoms with Gasteiger partial charge in [-0.1, -0.05) is 49.8 Å². The molecule has 0 radical (unpaired) electrons. The van der Waals surface area contributed by atoms with Crippen LogP contribution in [0.2, 0.25) is 0 Å². The van der Waals surface area contributed by atoms with Gasteiger partial charge in [0.25, 0.3) is 5.91 Å². The molecular weight excluding hydrogens is 334 g/mol. The number of carboxylic acids is 1. The number of unbranched alkanes of at least 4 members (excludes halogenated alkanes) is 1. The van der Waals surface area contributed by atoms with Crippen molar-refractivity contribution in [2.75, 3.05) is 0 Å². The van der Waals surface area contributed by atoms with Crippen molar-refractivity contribution in [1.82, 2.24) is 4.90 Å². The average Bonchev–Trinajstić information content (AvgIpc) is 3.11. The third-order valence-electron chi connectivity index (χ3n) is 3.30. The van der Waals surface area contributed by atoms with Crippen molar-refractivity contribution < 1.29 is 19.1 Å². The molecule has 1 N–H and O–H groups in total. The first-order valence-electron chi connectivity index (χ1n) is 7.24. The minimum absolute atomic E-state index is 0.288. The summed E-state index contributed by atoms with van der Waals surface area (Å²) >= 11 is 6.31. The molecule has 0 aromatic carbocycles. The number of rotatable bonds is 7. The Morgan fingerprint density at radius 3 is 2.96 bits per heavy atom. The molecule has 0 saturated carbocycles. The van der Waals surface area contributed by atoms with E-state index >= 15 is 0 Å². The Kier molecular flexibility index (Phi) is 6.18. The monoisotopic (exact) mass is 351 g/mol. The second-order valence-electron chi connectivity index (χ2n) is 4.94. The van der Waals surface area contributed by atoms with Crippen molar-refractivity contribution in [3.05, 3.63) is 41.2 Å². The van der Waals surface area contributed by atoms with Gasteiger partial charge in [0.2, 0.25) is 0 Å². The highest BCUT2D eigenvalue weighted by Gasteiger charge is 2.39. The number of hydrogen-bond acceptors (Lipinski definition) is 5. The van der Waals surface area contributed by atoms with Crippen LogP contribution in [-0.4, -0.2) is 32.2 Å². The molecule has 1 amide bonds. The molecule has 2 heterocycles. The number of carboxylic acid groups (broad SMARTS) is 1. The van der Waals surface area contributed by atoms with Crippen LogP contribution in [0.5, 0.6) is 0 Å². The van der Waals surface area contributed by atoms with Gasteiger partial charge >= 0.3 is 5.97 Å². The van der Waals surface area contributed by atoms with E-state index in [0.29, 0.717) is 17.1 Å². The molecule has 1 fully saturated rings. The second-order valence-corrected chi connectivity index (χ2v) is 6.62. The summed E-state index contributed by atoms with van der Waals surface area (Å²) in [6.45, 7) is 1.97. The molecule has 1 aromatic heterocycles. The number of carbonyl (C=O) groups is 2. The fourth-order valence-corrected chi connectivity index (χ4v) is 3.45. The van der Waals surface area contributed by atoms with Gasteiger partial charge in [-0.2, -0.15) is 0 Å². The van der Waals surface area contributed by atoms with E-state index in [-0.39, 0.29) is 10.2 Å². The van der Waals surface area contributed by atoms with Crippen molar-refractivity contribution in [3.63, 3.8) is 0 Å². The van der Waals surface area contributed by atoms with Gasteiger partial charge in [-0.05, 0) is 30.7 Å². The predicted molar refractivity (Wildman–Crippen MR) is 93.8 cm³/mol. The maximum Gasteiger partial charge on any atom is 0.326 e. The number of amides is 1. The molecule has 1 saturated heterocycles. The van der Waals surface area contributed by atoms with Gasteiger partial charge in [-0.3, -0.25) is 9.69 Å². The van der Waals surface area contributed by atoms with Gasteiger partial charge in [0.15, 0.2) is 0 Å². The largest absolute Gasteiger partial charge is 0.480 e. The molecule has 0 aliphatic carbocycles. The van der Waals surface area contributed by atoms with Crippen molar-refractivity contribution >= 4 is 46.3 Å². The van der Waals surface area contributed by atoms with E-state index in [1.54, 1.807) is 36.6 Å². The number of aliphatic carboxylic acids is 1. The molecule has 1 aromatic rings. The zero-order chi connectivity index (χ0) is 16.8. The lowest BCUT2D eigenvalue weighted by Gasteiger charge is -2.22. The predicted octanol–water partition coefficient (Wildman–Crippen LogP) is 3.68. The first-order valence-corrected chi connectivity index (χ1v) is 8.47. The van der Waals surface area contributed by atoms with E-state index in [2.05, 4.69) is 0 Å². The number of thioether (sulfide) groups is 1. The molecule has 23 heavy (non-hydrogen) atoms. The fourth-order valence-electron chi connectivity index (χ4n) is 2.14. The van der Waals surface area contributed by atoms with Crippen LogP contribution in [0.4, 0.5) is 0 Å². The van der Waals surface area contributed by atoms with Crippen LogP contribution < -0.4 is 0 Å². The molecule has 122 valence electrons. The fraction of sp³-hybridized carbons (Fsp3) is 0.312. The quantitative estimate of drug-likeness (QED) is 0.597. The maximum atomic E-state index is 12.4. The summed E-state index contributed by atoms with van der Waals surface area (Å²) in [5.41, 5.74) is 0. The topological polar surface area (TPSA) is 70.8 Å². The Morgan fingerprint density at radius 1 is 1.57 bits per heavy atom. The third-order valence-corrected chi connectivity index (χ3v) is 4.65. The Labute approximate surface area is 144 Å². The number of furan rings is 1. The second kappa shape index (κ2) is 8.12. The molecule has 0 bridgehead atoms. The van der Waals surface area contributed by atoms with E-state index in [0.717, 1.165) is 24.6 Å². The summed E-state index contributed by atoms with van der Waals surface area (Å²) in [5.74, 6) is -0.710. The summed E-state index contributed by atoms with van der Waals surface area (Å²) in [6, 6.07) is 2.66. The smallest absolute Gasteiger partial charge is 0.326 e. The SMILES string of the molecule is CCCC[C@@H](C(=O)O)N1C(=O)/C(=C\C=C\c2ccco2)SC1=S. The summed E-state index contributed by atoms with van der Waals surface area (Å²) < 4.78 is 5.45. The van der Waals surface area contributed by atoms with Gasteiger partial charge < -0.3 is 9.52 Å². The maximum absolute atomic E-state index is 12.4. The van der Waals surface area contributed by atoms with Gasteiger partial charge in [-0.25, -0.2) is 4.79 Å². The molecule has 0 spiro atoms. The van der Waals surface area contributed by atoms with Gasteiger partial charge in [0, 0.05) is 0 Å². The minimum Gasteiger partial charge on any atom is -0.480 e. The van der Waals surface area contributed by atoms with Gasteiger partial charge in [0.05, 0.1) is 11.2 Å². The van der Waals surface area contributed by atoms with E-state index in [1.165, 1.54) is 4.90 Å². The Balaban J connectivity index is 2.13. The molecule has 1 atom stereocenters. The molecule has 1 aliphatic heterocycles. The van der Waals surface area contributed by atoms with Crippen LogP contribution in [0.1, 0.15) is 31.9 Å². The molecule has 7 heteroatoms. The van der Waals surface area contributed by atoms with E-state index < -0.39 is 12.0 Å². The van der Waals surface area contributed by atoms with Crippen molar-refractivity contribution in [2.45, 2.75) is 32.2 Å². The van der Waals surface area contributed by atoms with Crippen LogP contribution in [0.25, 0.3) is 6.08 Å². The highest BCUT2D eigenvalue weighted by Crippen LogP contribution is 2.33. The highest BCUT2D eigenvalue weighted by atomic mass is 32.2. The van der Waals surface area contributed by atoms with Gasteiger partial charge in [-0.15, -0.1) is 0 Å². The number of nitrogens with zero attached hydrogens (tertiary/aromatic N) is 1. The average molecular weight is 351 g/mol. The Bertz CT molecular complexity index is 649. The molecular formula is C16H17NO4S2. The lowest BCUT2D eigenvalue weighted by atomic mass is 10.1. The molecule has 0 unspecified atom stereocenters. The van der Waals surface area contributed by atoms with Crippen LogP contribution in [-0.2, 0) is 9.59 Å². The van der Waals surface area contributed by atoms with Crippen molar-refractivity contribution in [3.8, 4) is 0 Å². The summed E-state index contributed by atoms with van der Waals surface area (Å²) in [6.07, 6.45) is 8.58. The number of thiocarbonyl (C=S) groups is 1. The Morgan fingerprint density at radius 2 is 2.35 bits per heavy atom. The van der Waals surface area contributed by atoms with E-state index in [1.807, 2.05) is 6.92 Å². The summed E-state index contributed by atoms with van der Waals surface area (Å²) in [5, 5.41) is 9.37. The number of hydrogen-bond donors (Lipinski definition) is 1. The van der Waals surface area contributed by atoms with E-state index in [9.17, 15) is 14.7 Å². The molecule has 1 aliphatic rings. The van der Waals surface area contributed by atoms with Gasteiger partial charge in [0.1, 0.15) is 16.1 Å². The Hall–Kier alpha value is -1.86. The number of carbonyl (C=O) groups excluding carboxylic acids is 1. The highest BCUT2D eigenvalue weighted by molar-refractivity contribution is 8.26. The zero-order valence-electron chi connectivity index (χ0n) is 12.6. The van der Waals surface area contributed by atoms with Crippen molar-refractivity contribution in [1.29, 1.82) is 0 Å².